The van der Waals surface area contributed by atoms with E-state index in [0.717, 1.165) is 16.5 Å². The molecule has 0 fully saturated rings. The molecule has 0 radical (unpaired) electrons. The molecular weight excluding hydrogens is 506 g/mol. The highest BCUT2D eigenvalue weighted by molar-refractivity contribution is 5.95. The van der Waals surface area contributed by atoms with Crippen molar-refractivity contribution in [2.75, 3.05) is 0 Å². The van der Waals surface area contributed by atoms with Crippen LogP contribution in [0.15, 0.2) is 30.5 Å². The number of nitrogens with one attached hydrogen (secondary N) is 4. The Kier molecular flexibility index (Phi) is 11.5. The summed E-state index contributed by atoms with van der Waals surface area (Å²) in [5.74, 6) is -4.93. The van der Waals surface area contributed by atoms with Crippen molar-refractivity contribution in [2.24, 2.45) is 17.6 Å². The Bertz CT molecular complexity index is 1180. The second-order valence-electron chi connectivity index (χ2n) is 10.5. The Hall–Kier alpha value is -3.93. The zero-order valence-electron chi connectivity index (χ0n) is 22.7. The van der Waals surface area contributed by atoms with Crippen LogP contribution in [-0.4, -0.2) is 69.0 Å². The second kappa shape index (κ2) is 14.3. The van der Waals surface area contributed by atoms with Gasteiger partial charge in [0, 0.05) is 17.1 Å². The van der Waals surface area contributed by atoms with E-state index in [1.165, 1.54) is 0 Å². The third-order valence-corrected chi connectivity index (χ3v) is 6.13. The fraction of sp³-hybridized carbons (Fsp3) is 0.519. The Balaban J connectivity index is 2.14. The van der Waals surface area contributed by atoms with Crippen LogP contribution < -0.4 is 21.7 Å². The van der Waals surface area contributed by atoms with Gasteiger partial charge in [-0.2, -0.15) is 0 Å². The molecule has 8 N–H and O–H groups in total. The summed E-state index contributed by atoms with van der Waals surface area (Å²) in [7, 11) is 0. The molecule has 1 aromatic carbocycles. The molecule has 12 heteroatoms. The number of hydrogen-bond donors (Lipinski definition) is 7. The number of nitrogens with two attached hydrogens (primary N) is 1. The molecule has 1 heterocycles. The number of carbonyl (C=O) groups excluding carboxylic acids is 3. The standard InChI is InChI=1S/C27H39N5O7/c1-14(2)9-20(30-24(35)18(28)11-16-13-29-19-8-6-5-7-17(16)19)25(36)31-21(10-15(3)4)26(37)32-22(27(38)39)12-23(33)34/h5-8,13-15,18,20-22,29H,9-12,28H2,1-4H3,(H,30,35)(H,31,36)(H,32,37)(H,33,34)(H,38,39). The van der Waals surface area contributed by atoms with E-state index in [2.05, 4.69) is 20.9 Å². The highest BCUT2D eigenvalue weighted by Crippen LogP contribution is 2.19. The van der Waals surface area contributed by atoms with Crippen LogP contribution >= 0.6 is 0 Å². The van der Waals surface area contributed by atoms with Crippen molar-refractivity contribution in [1.82, 2.24) is 20.9 Å². The van der Waals surface area contributed by atoms with Crippen LogP contribution in [0.25, 0.3) is 10.9 Å². The Morgan fingerprint density at radius 1 is 0.821 bits per heavy atom. The molecule has 2 aromatic rings. The molecule has 12 nitrogen and oxygen atoms in total. The summed E-state index contributed by atoms with van der Waals surface area (Å²) in [4.78, 5) is 64.7. The van der Waals surface area contributed by atoms with E-state index in [1.54, 1.807) is 6.20 Å². The number of aromatic nitrogens is 1. The first-order valence-corrected chi connectivity index (χ1v) is 12.9. The van der Waals surface area contributed by atoms with Crippen LogP contribution in [0.1, 0.15) is 52.5 Å². The topological polar surface area (TPSA) is 204 Å². The van der Waals surface area contributed by atoms with Gasteiger partial charge in [0.15, 0.2) is 0 Å². The Morgan fingerprint density at radius 2 is 1.33 bits per heavy atom. The van der Waals surface area contributed by atoms with Crippen molar-refractivity contribution in [3.8, 4) is 0 Å². The number of para-hydroxylation sites is 1. The number of amides is 3. The number of carboxylic acid groups (broad SMARTS) is 2. The molecule has 0 saturated heterocycles. The van der Waals surface area contributed by atoms with Crippen LogP contribution in [0.4, 0.5) is 0 Å². The van der Waals surface area contributed by atoms with Crippen LogP contribution in [0.2, 0.25) is 0 Å². The molecule has 0 saturated carbocycles. The summed E-state index contributed by atoms with van der Waals surface area (Å²) in [5, 5.41) is 26.7. The average molecular weight is 546 g/mol. The fourth-order valence-electron chi connectivity index (χ4n) is 4.23. The van der Waals surface area contributed by atoms with Gasteiger partial charge in [-0.3, -0.25) is 19.2 Å². The molecule has 214 valence electrons. The van der Waals surface area contributed by atoms with Gasteiger partial charge in [0.2, 0.25) is 17.7 Å². The molecule has 2 rings (SSSR count). The van der Waals surface area contributed by atoms with Gasteiger partial charge in [0.25, 0.3) is 0 Å². The molecule has 0 bridgehead atoms. The minimum Gasteiger partial charge on any atom is -0.481 e. The van der Waals surface area contributed by atoms with Crippen molar-refractivity contribution < 1.29 is 34.2 Å². The van der Waals surface area contributed by atoms with Gasteiger partial charge in [0.1, 0.15) is 18.1 Å². The van der Waals surface area contributed by atoms with E-state index in [-0.39, 0.29) is 31.1 Å². The predicted octanol–water partition coefficient (Wildman–Crippen LogP) is 1.14. The monoisotopic (exact) mass is 545 g/mol. The summed E-state index contributed by atoms with van der Waals surface area (Å²) in [6.07, 6.45) is 1.65. The number of hydrogen-bond acceptors (Lipinski definition) is 6. The third kappa shape index (κ3) is 9.71. The lowest BCUT2D eigenvalue weighted by molar-refractivity contribution is -0.147. The van der Waals surface area contributed by atoms with Gasteiger partial charge in [-0.05, 0) is 42.7 Å². The number of carbonyl (C=O) groups is 5. The van der Waals surface area contributed by atoms with Crippen molar-refractivity contribution in [3.05, 3.63) is 36.0 Å². The van der Waals surface area contributed by atoms with E-state index in [4.69, 9.17) is 10.8 Å². The number of aromatic amines is 1. The number of benzene rings is 1. The normalized spacial score (nSPS) is 14.4. The first-order chi connectivity index (χ1) is 18.3. The van der Waals surface area contributed by atoms with Gasteiger partial charge in [-0.1, -0.05) is 45.9 Å². The molecule has 4 atom stereocenters. The summed E-state index contributed by atoms with van der Waals surface area (Å²) >= 11 is 0. The van der Waals surface area contributed by atoms with Crippen molar-refractivity contribution in [1.29, 1.82) is 0 Å². The molecule has 3 amide bonds. The molecule has 39 heavy (non-hydrogen) atoms. The molecule has 4 unspecified atom stereocenters. The minimum atomic E-state index is -1.66. The second-order valence-corrected chi connectivity index (χ2v) is 10.5. The van der Waals surface area contributed by atoms with Crippen molar-refractivity contribution in [3.63, 3.8) is 0 Å². The first kappa shape index (κ1) is 31.3. The lowest BCUT2D eigenvalue weighted by Crippen LogP contribution is -2.57. The van der Waals surface area contributed by atoms with Crippen LogP contribution in [-0.2, 0) is 30.4 Å². The number of rotatable bonds is 15. The third-order valence-electron chi connectivity index (χ3n) is 6.13. The summed E-state index contributed by atoms with van der Waals surface area (Å²) in [6, 6.07) is 2.89. The van der Waals surface area contributed by atoms with E-state index < -0.39 is 60.2 Å². The van der Waals surface area contributed by atoms with Gasteiger partial charge < -0.3 is 36.9 Å². The highest BCUT2D eigenvalue weighted by Gasteiger charge is 2.32. The first-order valence-electron chi connectivity index (χ1n) is 12.9. The number of aliphatic carboxylic acids is 2. The molecule has 0 aliphatic rings. The average Bonchev–Trinajstić information content (AvgIpc) is 3.24. The maximum atomic E-state index is 13.3. The molecule has 1 aromatic heterocycles. The van der Waals surface area contributed by atoms with Crippen molar-refractivity contribution >= 4 is 40.6 Å². The zero-order chi connectivity index (χ0) is 29.3. The maximum Gasteiger partial charge on any atom is 0.326 e. The molecule has 0 aliphatic carbocycles. The summed E-state index contributed by atoms with van der Waals surface area (Å²) in [6.45, 7) is 7.38. The molecule has 0 spiro atoms. The maximum absolute atomic E-state index is 13.3. The summed E-state index contributed by atoms with van der Waals surface area (Å²) < 4.78 is 0. The largest absolute Gasteiger partial charge is 0.481 e. The number of H-pyrrole nitrogens is 1. The highest BCUT2D eigenvalue weighted by atomic mass is 16.4. The van der Waals surface area contributed by atoms with Crippen LogP contribution in [0.5, 0.6) is 0 Å². The lowest BCUT2D eigenvalue weighted by atomic mass is 9.99. The van der Waals surface area contributed by atoms with Crippen molar-refractivity contribution in [2.45, 2.75) is 77.5 Å². The SMILES string of the molecule is CC(C)CC(NC(=O)C(N)Cc1c[nH]c2ccccc12)C(=O)NC(CC(C)C)C(=O)NC(CC(=O)O)C(=O)O. The van der Waals surface area contributed by atoms with Crippen LogP contribution in [0, 0.1) is 11.8 Å². The van der Waals surface area contributed by atoms with E-state index in [1.807, 2.05) is 52.0 Å². The quantitative estimate of drug-likeness (QED) is 0.172. The Labute approximate surface area is 227 Å². The fourth-order valence-corrected chi connectivity index (χ4v) is 4.23. The predicted molar refractivity (Wildman–Crippen MR) is 145 cm³/mol. The Morgan fingerprint density at radius 3 is 1.85 bits per heavy atom. The van der Waals surface area contributed by atoms with Gasteiger partial charge in [-0.25, -0.2) is 4.79 Å². The van der Waals surface area contributed by atoms with Gasteiger partial charge >= 0.3 is 11.9 Å². The number of carboxylic acids is 2. The molecule has 0 aliphatic heterocycles. The summed E-state index contributed by atoms with van der Waals surface area (Å²) in [5.41, 5.74) is 7.97. The number of fused-ring (bicyclic) bond motifs is 1. The van der Waals surface area contributed by atoms with E-state index in [0.29, 0.717) is 0 Å². The van der Waals surface area contributed by atoms with E-state index in [9.17, 15) is 29.1 Å². The minimum absolute atomic E-state index is 0.00947. The zero-order valence-corrected chi connectivity index (χ0v) is 22.7. The van der Waals surface area contributed by atoms with E-state index >= 15 is 0 Å². The molecular formula is C27H39N5O7. The van der Waals surface area contributed by atoms with Crippen LogP contribution in [0.3, 0.4) is 0 Å². The smallest absolute Gasteiger partial charge is 0.326 e. The lowest BCUT2D eigenvalue weighted by Gasteiger charge is -2.26. The van der Waals surface area contributed by atoms with Gasteiger partial charge in [-0.15, -0.1) is 0 Å². The van der Waals surface area contributed by atoms with Gasteiger partial charge in [0.05, 0.1) is 12.5 Å².